The molecule has 1 N–H and O–H groups in total. The average Bonchev–Trinajstić information content (AvgIpc) is 3.30. The number of benzene rings is 1. The molecule has 3 aliphatic rings. The number of cyclic esters (lactones) is 1. The summed E-state index contributed by atoms with van der Waals surface area (Å²) in [6, 6.07) is 5.87. The molecule has 1 fully saturated rings. The second kappa shape index (κ2) is 7.48. The van der Waals surface area contributed by atoms with Gasteiger partial charge in [-0.3, -0.25) is 14.6 Å². The monoisotopic (exact) mass is 374 g/mol. The van der Waals surface area contributed by atoms with Gasteiger partial charge in [0.25, 0.3) is 0 Å². The summed E-state index contributed by atoms with van der Waals surface area (Å²) in [7, 11) is 0. The number of hydrogen-bond acceptors (Lipinski definition) is 6. The molecule has 4 bridgehead atoms. The fourth-order valence-electron chi connectivity index (χ4n) is 4.08. The van der Waals surface area contributed by atoms with Crippen LogP contribution in [-0.2, 0) is 34.0 Å². The molecule has 0 aliphatic carbocycles. The van der Waals surface area contributed by atoms with Crippen LogP contribution in [0.3, 0.4) is 0 Å². The van der Waals surface area contributed by atoms with Gasteiger partial charge in [-0.2, -0.15) is 0 Å². The van der Waals surface area contributed by atoms with Crippen molar-refractivity contribution in [1.82, 2.24) is 9.80 Å². The zero-order chi connectivity index (χ0) is 19.0. The lowest BCUT2D eigenvalue weighted by Crippen LogP contribution is -2.36. The highest BCUT2D eigenvalue weighted by Gasteiger charge is 2.33. The first-order valence-corrected chi connectivity index (χ1v) is 9.65. The number of nitrogens with zero attached hydrogens (tertiary/aromatic N) is 2. The molecule has 146 valence electrons. The molecule has 3 aliphatic heterocycles. The van der Waals surface area contributed by atoms with E-state index < -0.39 is 6.23 Å². The van der Waals surface area contributed by atoms with Crippen molar-refractivity contribution in [3.8, 4) is 0 Å². The van der Waals surface area contributed by atoms with E-state index in [0.717, 1.165) is 16.7 Å². The number of amides is 1. The molecule has 1 aromatic rings. The Kier molecular flexibility index (Phi) is 5.06. The van der Waals surface area contributed by atoms with Crippen LogP contribution in [0.1, 0.15) is 42.9 Å². The zero-order valence-corrected chi connectivity index (χ0v) is 15.6. The summed E-state index contributed by atoms with van der Waals surface area (Å²) < 4.78 is 11.2. The highest BCUT2D eigenvalue weighted by molar-refractivity contribution is 5.72. The van der Waals surface area contributed by atoms with Gasteiger partial charge in [0.1, 0.15) is 18.9 Å². The highest BCUT2D eigenvalue weighted by Crippen LogP contribution is 2.29. The van der Waals surface area contributed by atoms with Crippen molar-refractivity contribution in [2.45, 2.75) is 58.2 Å². The first kappa shape index (κ1) is 18.3. The van der Waals surface area contributed by atoms with E-state index in [0.29, 0.717) is 45.4 Å². The summed E-state index contributed by atoms with van der Waals surface area (Å²) in [6.07, 6.45) is 0.602. The van der Waals surface area contributed by atoms with Gasteiger partial charge in [0.2, 0.25) is 0 Å². The van der Waals surface area contributed by atoms with Gasteiger partial charge in [-0.05, 0) is 36.0 Å². The van der Waals surface area contributed by atoms with E-state index in [-0.39, 0.29) is 30.7 Å². The fraction of sp³-hybridized carbons (Fsp3) is 0.600. The lowest BCUT2D eigenvalue weighted by atomic mass is 10.0. The number of aliphatic hydroxyl groups is 1. The number of hydrogen-bond donors (Lipinski definition) is 1. The standard InChI is InChI=1S/C20H26N2O5/c1-13-5-6-18(23)21-8-7-16(10-21)27-20(25)22-9-14-3-2-4-15(17(14)11-22)12-26-19(13)24/h2-4,13,16,18,23H,5-12H2,1H3/t13?,16-,18?/m1/s1. The number of esters is 1. The Morgan fingerprint density at radius 2 is 1.93 bits per heavy atom. The van der Waals surface area contributed by atoms with Crippen LogP contribution in [0, 0.1) is 5.92 Å². The molecular formula is C20H26N2O5. The molecule has 1 amide bonds. The molecule has 7 nitrogen and oxygen atoms in total. The van der Waals surface area contributed by atoms with E-state index in [2.05, 4.69) is 0 Å². The van der Waals surface area contributed by atoms with Gasteiger partial charge in [-0.15, -0.1) is 0 Å². The molecular weight excluding hydrogens is 348 g/mol. The van der Waals surface area contributed by atoms with E-state index in [1.807, 2.05) is 30.0 Å². The van der Waals surface area contributed by atoms with E-state index in [1.165, 1.54) is 0 Å². The maximum Gasteiger partial charge on any atom is 0.410 e. The van der Waals surface area contributed by atoms with Gasteiger partial charge >= 0.3 is 12.1 Å². The maximum atomic E-state index is 12.6. The molecule has 3 unspecified atom stereocenters. The SMILES string of the molecule is CC1CCC(O)N2CC[C@H](C2)OC(=O)N2Cc3cccc(c3C2)COC1=O. The Bertz CT molecular complexity index is 737. The molecule has 1 aromatic carbocycles. The van der Waals surface area contributed by atoms with Gasteiger partial charge in [0.05, 0.1) is 12.5 Å². The molecule has 0 saturated carbocycles. The molecule has 0 radical (unpaired) electrons. The Labute approximate surface area is 158 Å². The van der Waals surface area contributed by atoms with Crippen LogP contribution in [0.25, 0.3) is 0 Å². The third kappa shape index (κ3) is 3.80. The zero-order valence-electron chi connectivity index (χ0n) is 15.6. The van der Waals surface area contributed by atoms with Crippen molar-refractivity contribution in [1.29, 1.82) is 0 Å². The summed E-state index contributed by atoms with van der Waals surface area (Å²) in [5, 5.41) is 10.4. The second-order valence-electron chi connectivity index (χ2n) is 7.77. The Morgan fingerprint density at radius 3 is 2.78 bits per heavy atom. The third-order valence-corrected chi connectivity index (χ3v) is 5.83. The highest BCUT2D eigenvalue weighted by atomic mass is 16.6. The topological polar surface area (TPSA) is 79.3 Å². The number of carbonyl (C=O) groups excluding carboxylic acids is 2. The summed E-state index contributed by atoms with van der Waals surface area (Å²) >= 11 is 0. The normalized spacial score (nSPS) is 31.6. The van der Waals surface area contributed by atoms with E-state index in [9.17, 15) is 14.7 Å². The smallest absolute Gasteiger partial charge is 0.410 e. The largest absolute Gasteiger partial charge is 0.461 e. The van der Waals surface area contributed by atoms with Crippen molar-refractivity contribution in [3.05, 3.63) is 34.9 Å². The first-order valence-electron chi connectivity index (χ1n) is 9.65. The molecule has 3 heterocycles. The van der Waals surface area contributed by atoms with Crippen molar-refractivity contribution in [2.75, 3.05) is 13.1 Å². The lowest BCUT2D eigenvalue weighted by molar-refractivity contribution is -0.149. The van der Waals surface area contributed by atoms with Crippen LogP contribution in [0.5, 0.6) is 0 Å². The molecule has 4 rings (SSSR count). The Morgan fingerprint density at radius 1 is 1.11 bits per heavy atom. The van der Waals surface area contributed by atoms with E-state index >= 15 is 0 Å². The van der Waals surface area contributed by atoms with Crippen LogP contribution >= 0.6 is 0 Å². The number of aliphatic hydroxyl groups excluding tert-OH is 1. The van der Waals surface area contributed by atoms with Crippen LogP contribution in [0.15, 0.2) is 18.2 Å². The second-order valence-corrected chi connectivity index (χ2v) is 7.77. The number of rotatable bonds is 0. The minimum atomic E-state index is -0.634. The predicted octanol–water partition coefficient (Wildman–Crippen LogP) is 2.00. The Hall–Kier alpha value is -2.12. The summed E-state index contributed by atoms with van der Waals surface area (Å²) in [6.45, 7) is 4.22. The molecule has 0 spiro atoms. The minimum absolute atomic E-state index is 0.201. The molecule has 0 aromatic heterocycles. The van der Waals surface area contributed by atoms with Crippen molar-refractivity contribution in [3.63, 3.8) is 0 Å². The molecule has 27 heavy (non-hydrogen) atoms. The number of carbonyl (C=O) groups is 2. The van der Waals surface area contributed by atoms with Crippen molar-refractivity contribution < 1.29 is 24.2 Å². The maximum absolute atomic E-state index is 12.6. The minimum Gasteiger partial charge on any atom is -0.461 e. The average molecular weight is 374 g/mol. The quantitative estimate of drug-likeness (QED) is 0.700. The lowest BCUT2D eigenvalue weighted by Gasteiger charge is -2.24. The third-order valence-electron chi connectivity index (χ3n) is 5.83. The van der Waals surface area contributed by atoms with Crippen LogP contribution < -0.4 is 0 Å². The van der Waals surface area contributed by atoms with Gasteiger partial charge < -0.3 is 14.6 Å². The van der Waals surface area contributed by atoms with E-state index in [4.69, 9.17) is 9.47 Å². The summed E-state index contributed by atoms with van der Waals surface area (Å²) in [4.78, 5) is 28.5. The van der Waals surface area contributed by atoms with Gasteiger partial charge in [-0.25, -0.2) is 4.79 Å². The molecule has 1 saturated heterocycles. The van der Waals surface area contributed by atoms with Crippen LogP contribution in [-0.4, -0.2) is 52.4 Å². The van der Waals surface area contributed by atoms with Crippen molar-refractivity contribution >= 4 is 12.1 Å². The van der Waals surface area contributed by atoms with Gasteiger partial charge in [0.15, 0.2) is 0 Å². The van der Waals surface area contributed by atoms with Gasteiger partial charge in [0, 0.05) is 19.6 Å². The summed E-state index contributed by atoms with van der Waals surface area (Å²) in [5.41, 5.74) is 3.05. The van der Waals surface area contributed by atoms with Crippen LogP contribution in [0.4, 0.5) is 4.79 Å². The Balaban J connectivity index is 1.56. The predicted molar refractivity (Wildman–Crippen MR) is 96.3 cm³/mol. The summed E-state index contributed by atoms with van der Waals surface area (Å²) in [5.74, 6) is -0.516. The first-order chi connectivity index (χ1) is 13.0. The number of ether oxygens (including phenoxy) is 2. The van der Waals surface area contributed by atoms with Crippen LogP contribution in [0.2, 0.25) is 0 Å². The fourth-order valence-corrected chi connectivity index (χ4v) is 4.08. The van der Waals surface area contributed by atoms with Gasteiger partial charge in [-0.1, -0.05) is 25.1 Å². The molecule has 4 atom stereocenters. The number of fused-ring (bicyclic) bond motifs is 3. The molecule has 7 heteroatoms. The van der Waals surface area contributed by atoms with E-state index in [1.54, 1.807) is 4.90 Å². The van der Waals surface area contributed by atoms with Crippen molar-refractivity contribution in [2.24, 2.45) is 5.92 Å².